The smallest absolute Gasteiger partial charge is 0.341 e. The van der Waals surface area contributed by atoms with Gasteiger partial charge in [-0.2, -0.15) is 0 Å². The zero-order valence-corrected chi connectivity index (χ0v) is 15.4. The minimum Gasteiger partial charge on any atom is -0.465 e. The molecule has 8 heteroatoms. The number of carbonyl (C=O) groups excluding carboxylic acids is 3. The summed E-state index contributed by atoms with van der Waals surface area (Å²) in [6.07, 6.45) is 0.734. The first-order valence-electron chi connectivity index (χ1n) is 7.21. The fraction of sp³-hybridized carbons (Fsp3) is 0.312. The summed E-state index contributed by atoms with van der Waals surface area (Å²) in [6, 6.07) is 0. The van der Waals surface area contributed by atoms with E-state index in [1.807, 2.05) is 13.8 Å². The van der Waals surface area contributed by atoms with Crippen LogP contribution in [0.5, 0.6) is 0 Å². The summed E-state index contributed by atoms with van der Waals surface area (Å²) in [5, 5.41) is 4.78. The quantitative estimate of drug-likeness (QED) is 0.794. The zero-order chi connectivity index (χ0) is 18.0. The SMILES string of the molecule is CCc1c(C(=O)Nc2sc(C(N)=O)c(C)c2C(=O)OC)csc1C. The summed E-state index contributed by atoms with van der Waals surface area (Å²) in [7, 11) is 1.24. The molecule has 0 bridgehead atoms. The van der Waals surface area contributed by atoms with Gasteiger partial charge in [0.05, 0.1) is 23.1 Å². The number of hydrogen-bond donors (Lipinski definition) is 2. The maximum absolute atomic E-state index is 12.6. The molecule has 0 unspecified atom stereocenters. The fourth-order valence-electron chi connectivity index (χ4n) is 2.46. The second-order valence-electron chi connectivity index (χ2n) is 5.11. The number of amides is 2. The first-order chi connectivity index (χ1) is 11.3. The Morgan fingerprint density at radius 1 is 1.29 bits per heavy atom. The standard InChI is InChI=1S/C16H18N2O4S2/c1-5-9-8(3)23-6-10(9)14(20)18-15-11(16(21)22-4)7(2)12(24-15)13(17)19/h6H,5H2,1-4H3,(H2,17,19)(H,18,20). The van der Waals surface area contributed by atoms with Crippen LogP contribution >= 0.6 is 22.7 Å². The third kappa shape index (κ3) is 3.20. The van der Waals surface area contributed by atoms with E-state index >= 15 is 0 Å². The van der Waals surface area contributed by atoms with Gasteiger partial charge in [0.2, 0.25) is 0 Å². The van der Waals surface area contributed by atoms with Gasteiger partial charge < -0.3 is 15.8 Å². The number of methoxy groups -OCH3 is 1. The molecular formula is C16H18N2O4S2. The molecule has 0 spiro atoms. The lowest BCUT2D eigenvalue weighted by Gasteiger charge is -2.07. The normalized spacial score (nSPS) is 10.5. The predicted molar refractivity (Wildman–Crippen MR) is 95.3 cm³/mol. The van der Waals surface area contributed by atoms with Gasteiger partial charge in [-0.25, -0.2) is 4.79 Å². The molecule has 128 valence electrons. The van der Waals surface area contributed by atoms with Crippen LogP contribution in [0, 0.1) is 13.8 Å². The number of rotatable bonds is 5. The number of ether oxygens (including phenoxy) is 1. The predicted octanol–water partition coefficient (Wildman–Crippen LogP) is 3.13. The first kappa shape index (κ1) is 18.2. The molecular weight excluding hydrogens is 348 g/mol. The van der Waals surface area contributed by atoms with E-state index in [1.165, 1.54) is 18.4 Å². The molecule has 0 aliphatic heterocycles. The molecule has 24 heavy (non-hydrogen) atoms. The van der Waals surface area contributed by atoms with Gasteiger partial charge >= 0.3 is 5.97 Å². The first-order valence-corrected chi connectivity index (χ1v) is 8.91. The number of thiophene rings is 2. The van der Waals surface area contributed by atoms with Crippen molar-refractivity contribution in [1.29, 1.82) is 0 Å². The molecule has 0 aliphatic rings. The molecule has 0 radical (unpaired) electrons. The monoisotopic (exact) mass is 366 g/mol. The molecule has 0 aliphatic carbocycles. The molecule has 0 atom stereocenters. The Balaban J connectivity index is 2.45. The number of carbonyl (C=O) groups is 3. The summed E-state index contributed by atoms with van der Waals surface area (Å²) in [5.41, 5.74) is 7.45. The largest absolute Gasteiger partial charge is 0.465 e. The molecule has 0 saturated carbocycles. The van der Waals surface area contributed by atoms with E-state index < -0.39 is 11.9 Å². The van der Waals surface area contributed by atoms with Crippen molar-refractivity contribution in [2.45, 2.75) is 27.2 Å². The third-order valence-corrected chi connectivity index (χ3v) is 5.86. The van der Waals surface area contributed by atoms with Gasteiger partial charge in [-0.05, 0) is 31.4 Å². The molecule has 2 aromatic heterocycles. The van der Waals surface area contributed by atoms with Crippen LogP contribution in [0.3, 0.4) is 0 Å². The lowest BCUT2D eigenvalue weighted by Crippen LogP contribution is -2.15. The summed E-state index contributed by atoms with van der Waals surface area (Å²) in [4.78, 5) is 37.4. The van der Waals surface area contributed by atoms with Gasteiger partial charge in [0.25, 0.3) is 11.8 Å². The minimum atomic E-state index is -0.649. The molecule has 0 saturated heterocycles. The Bertz CT molecular complexity index is 820. The zero-order valence-electron chi connectivity index (χ0n) is 13.8. The Morgan fingerprint density at radius 2 is 1.96 bits per heavy atom. The second kappa shape index (κ2) is 7.14. The van der Waals surface area contributed by atoms with E-state index in [2.05, 4.69) is 5.32 Å². The fourth-order valence-corrected chi connectivity index (χ4v) is 4.45. The number of nitrogens with one attached hydrogen (secondary N) is 1. The summed E-state index contributed by atoms with van der Waals surface area (Å²) in [6.45, 7) is 5.54. The average molecular weight is 366 g/mol. The van der Waals surface area contributed by atoms with Gasteiger partial charge in [0.1, 0.15) is 5.00 Å². The van der Waals surface area contributed by atoms with Gasteiger partial charge in [0, 0.05) is 10.3 Å². The number of anilines is 1. The number of nitrogens with two attached hydrogens (primary N) is 1. The molecule has 3 N–H and O–H groups in total. The van der Waals surface area contributed by atoms with Crippen molar-refractivity contribution >= 4 is 45.5 Å². The Hall–Kier alpha value is -2.19. The maximum atomic E-state index is 12.6. The molecule has 2 aromatic rings. The van der Waals surface area contributed by atoms with Crippen molar-refractivity contribution in [3.05, 3.63) is 37.4 Å². The molecule has 2 rings (SSSR count). The molecule has 0 fully saturated rings. The molecule has 2 amide bonds. The Morgan fingerprint density at radius 3 is 2.50 bits per heavy atom. The summed E-state index contributed by atoms with van der Waals surface area (Å²) in [5.74, 6) is -1.59. The number of aryl methyl sites for hydroxylation is 1. The molecule has 0 aromatic carbocycles. The van der Waals surface area contributed by atoms with Crippen molar-refractivity contribution < 1.29 is 19.1 Å². The highest BCUT2D eigenvalue weighted by atomic mass is 32.1. The van der Waals surface area contributed by atoms with Gasteiger partial charge in [-0.3, -0.25) is 9.59 Å². The highest BCUT2D eigenvalue weighted by Crippen LogP contribution is 2.34. The van der Waals surface area contributed by atoms with Crippen LogP contribution in [-0.2, 0) is 11.2 Å². The van der Waals surface area contributed by atoms with Crippen molar-refractivity contribution in [2.24, 2.45) is 5.73 Å². The Labute approximate surface area is 147 Å². The number of hydrogen-bond acceptors (Lipinski definition) is 6. The van der Waals surface area contributed by atoms with E-state index in [0.717, 1.165) is 28.2 Å². The summed E-state index contributed by atoms with van der Waals surface area (Å²) >= 11 is 2.48. The Kier molecular flexibility index (Phi) is 5.40. The average Bonchev–Trinajstić information content (AvgIpc) is 3.06. The molecule has 2 heterocycles. The minimum absolute atomic E-state index is 0.162. The molecule has 6 nitrogen and oxygen atoms in total. The van der Waals surface area contributed by atoms with Crippen LogP contribution in [0.25, 0.3) is 0 Å². The summed E-state index contributed by atoms with van der Waals surface area (Å²) < 4.78 is 4.75. The van der Waals surface area contributed by atoms with Gasteiger partial charge in [-0.1, -0.05) is 6.92 Å². The van der Waals surface area contributed by atoms with Crippen LogP contribution in [0.1, 0.15) is 53.3 Å². The van der Waals surface area contributed by atoms with Gasteiger partial charge in [-0.15, -0.1) is 22.7 Å². The van der Waals surface area contributed by atoms with Crippen LogP contribution in [0.15, 0.2) is 5.38 Å². The number of esters is 1. The lowest BCUT2D eigenvalue weighted by molar-refractivity contribution is 0.0601. The maximum Gasteiger partial charge on any atom is 0.341 e. The van der Waals surface area contributed by atoms with Gasteiger partial charge in [0.15, 0.2) is 0 Å². The lowest BCUT2D eigenvalue weighted by atomic mass is 10.1. The van der Waals surface area contributed by atoms with E-state index in [-0.39, 0.29) is 21.3 Å². The number of primary amides is 1. The van der Waals surface area contributed by atoms with Crippen LogP contribution in [0.4, 0.5) is 5.00 Å². The van der Waals surface area contributed by atoms with Crippen molar-refractivity contribution in [3.63, 3.8) is 0 Å². The van der Waals surface area contributed by atoms with Crippen molar-refractivity contribution in [3.8, 4) is 0 Å². The topological polar surface area (TPSA) is 98.5 Å². The van der Waals surface area contributed by atoms with E-state index in [9.17, 15) is 14.4 Å². The van der Waals surface area contributed by atoms with Crippen molar-refractivity contribution in [2.75, 3.05) is 12.4 Å². The van der Waals surface area contributed by atoms with Crippen molar-refractivity contribution in [1.82, 2.24) is 0 Å². The van der Waals surface area contributed by atoms with Crippen LogP contribution in [0.2, 0.25) is 0 Å². The van der Waals surface area contributed by atoms with E-state index in [4.69, 9.17) is 10.5 Å². The van der Waals surface area contributed by atoms with Crippen LogP contribution in [-0.4, -0.2) is 24.9 Å². The highest BCUT2D eigenvalue weighted by molar-refractivity contribution is 7.18. The van der Waals surface area contributed by atoms with E-state index in [0.29, 0.717) is 11.1 Å². The third-order valence-electron chi connectivity index (χ3n) is 3.69. The second-order valence-corrected chi connectivity index (χ2v) is 7.21. The highest BCUT2D eigenvalue weighted by Gasteiger charge is 2.26. The van der Waals surface area contributed by atoms with E-state index in [1.54, 1.807) is 12.3 Å². The van der Waals surface area contributed by atoms with Crippen LogP contribution < -0.4 is 11.1 Å².